The van der Waals surface area contributed by atoms with Crippen LogP contribution in [0.25, 0.3) is 22.5 Å². The van der Waals surface area contributed by atoms with Gasteiger partial charge in [0.15, 0.2) is 11.6 Å². The van der Waals surface area contributed by atoms with Crippen molar-refractivity contribution in [2.75, 3.05) is 21.3 Å². The third-order valence-corrected chi connectivity index (χ3v) is 4.82. The molecule has 1 atom stereocenters. The molecule has 7 heteroatoms. The summed E-state index contributed by atoms with van der Waals surface area (Å²) in [4.78, 5) is 4.46. The van der Waals surface area contributed by atoms with Gasteiger partial charge in [0.05, 0.1) is 31.9 Å². The van der Waals surface area contributed by atoms with E-state index in [1.54, 1.807) is 31.5 Å². The van der Waals surface area contributed by atoms with E-state index >= 15 is 0 Å². The van der Waals surface area contributed by atoms with Gasteiger partial charge in [0.2, 0.25) is 0 Å². The Bertz CT molecular complexity index is 974. The second kappa shape index (κ2) is 8.63. The van der Waals surface area contributed by atoms with Gasteiger partial charge < -0.3 is 18.8 Å². The molecule has 0 radical (unpaired) electrons. The summed E-state index contributed by atoms with van der Waals surface area (Å²) in [6.07, 6.45) is 3.63. The van der Waals surface area contributed by atoms with E-state index in [0.717, 1.165) is 11.4 Å². The first-order chi connectivity index (χ1) is 13.5. The van der Waals surface area contributed by atoms with Gasteiger partial charge in [-0.25, -0.2) is 9.37 Å². The van der Waals surface area contributed by atoms with Crippen molar-refractivity contribution in [2.45, 2.75) is 19.6 Å². The Balaban J connectivity index is 2.12. The SMILES string of the molecule is COc1ccc(-c2cc(-c3nccn3CC(C)OC)cc(Cl)c2OC)cc1F. The predicted octanol–water partition coefficient (Wildman–Crippen LogP) is 5.06. The zero-order valence-corrected chi connectivity index (χ0v) is 17.0. The molecular weight excluding hydrogens is 383 g/mol. The molecule has 1 unspecified atom stereocenters. The average Bonchev–Trinajstić information content (AvgIpc) is 3.15. The third kappa shape index (κ3) is 3.98. The topological polar surface area (TPSA) is 45.5 Å². The van der Waals surface area contributed by atoms with E-state index < -0.39 is 5.82 Å². The Morgan fingerprint density at radius 1 is 1.11 bits per heavy atom. The lowest BCUT2D eigenvalue weighted by Gasteiger charge is -2.16. The highest BCUT2D eigenvalue weighted by molar-refractivity contribution is 6.33. The van der Waals surface area contributed by atoms with Crippen LogP contribution in [0.3, 0.4) is 0 Å². The summed E-state index contributed by atoms with van der Waals surface area (Å²) in [5, 5.41) is 0.417. The van der Waals surface area contributed by atoms with Gasteiger partial charge in [-0.2, -0.15) is 0 Å². The Hall–Kier alpha value is -2.57. The Morgan fingerprint density at radius 2 is 1.89 bits per heavy atom. The molecule has 0 aliphatic heterocycles. The molecule has 0 amide bonds. The summed E-state index contributed by atoms with van der Waals surface area (Å²) in [7, 11) is 4.63. The maximum absolute atomic E-state index is 14.3. The zero-order valence-electron chi connectivity index (χ0n) is 16.2. The molecule has 5 nitrogen and oxygen atoms in total. The Kier molecular flexibility index (Phi) is 6.21. The summed E-state index contributed by atoms with van der Waals surface area (Å²) in [6, 6.07) is 8.42. The fraction of sp³-hybridized carbons (Fsp3) is 0.286. The number of benzene rings is 2. The largest absolute Gasteiger partial charge is 0.495 e. The van der Waals surface area contributed by atoms with Crippen LogP contribution in [0.4, 0.5) is 4.39 Å². The number of halogens is 2. The molecule has 148 valence electrons. The van der Waals surface area contributed by atoms with Gasteiger partial charge in [-0.1, -0.05) is 17.7 Å². The quantitative estimate of drug-likeness (QED) is 0.552. The Labute approximate surface area is 168 Å². The van der Waals surface area contributed by atoms with Crippen molar-refractivity contribution in [3.05, 3.63) is 53.6 Å². The number of imidazole rings is 1. The summed E-state index contributed by atoms with van der Waals surface area (Å²) in [6.45, 7) is 2.62. The molecule has 3 aromatic rings. The number of aromatic nitrogens is 2. The van der Waals surface area contributed by atoms with Gasteiger partial charge in [-0.05, 0) is 36.8 Å². The minimum Gasteiger partial charge on any atom is -0.495 e. The summed E-state index contributed by atoms with van der Waals surface area (Å²) in [5.74, 6) is 0.926. The van der Waals surface area contributed by atoms with Gasteiger partial charge in [0.1, 0.15) is 11.6 Å². The van der Waals surface area contributed by atoms with Crippen molar-refractivity contribution in [2.24, 2.45) is 0 Å². The first-order valence-electron chi connectivity index (χ1n) is 8.74. The van der Waals surface area contributed by atoms with Crippen LogP contribution in [0.2, 0.25) is 5.02 Å². The van der Waals surface area contributed by atoms with Crippen LogP contribution >= 0.6 is 11.6 Å². The Morgan fingerprint density at radius 3 is 2.54 bits per heavy atom. The molecule has 1 aromatic heterocycles. The number of hydrogen-bond donors (Lipinski definition) is 0. The maximum atomic E-state index is 14.3. The molecule has 0 bridgehead atoms. The summed E-state index contributed by atoms with van der Waals surface area (Å²) in [5.41, 5.74) is 2.09. The molecule has 3 rings (SSSR count). The molecule has 0 aliphatic rings. The maximum Gasteiger partial charge on any atom is 0.165 e. The highest BCUT2D eigenvalue weighted by atomic mass is 35.5. The zero-order chi connectivity index (χ0) is 20.3. The van der Waals surface area contributed by atoms with Crippen LogP contribution in [0.1, 0.15) is 6.92 Å². The van der Waals surface area contributed by atoms with E-state index in [-0.39, 0.29) is 11.9 Å². The van der Waals surface area contributed by atoms with Crippen LogP contribution in [0.15, 0.2) is 42.7 Å². The first-order valence-corrected chi connectivity index (χ1v) is 9.12. The molecule has 0 saturated carbocycles. The van der Waals surface area contributed by atoms with Gasteiger partial charge in [0.25, 0.3) is 0 Å². The number of methoxy groups -OCH3 is 3. The molecular formula is C21H22ClFN2O3. The molecule has 1 heterocycles. The smallest absolute Gasteiger partial charge is 0.165 e. The van der Waals surface area contributed by atoms with Crippen molar-refractivity contribution in [3.63, 3.8) is 0 Å². The van der Waals surface area contributed by atoms with Crippen molar-refractivity contribution >= 4 is 11.6 Å². The monoisotopic (exact) mass is 404 g/mol. The standard InChI is InChI=1S/C21H22ClFN2O3/c1-13(26-2)12-25-8-7-24-21(25)15-9-16(20(28-4)17(22)10-15)14-5-6-19(27-3)18(23)11-14/h5-11,13H,12H2,1-4H3. The number of nitrogens with zero attached hydrogens (tertiary/aromatic N) is 2. The van der Waals surface area contributed by atoms with Crippen molar-refractivity contribution in [1.82, 2.24) is 9.55 Å². The number of ether oxygens (including phenoxy) is 3. The molecule has 0 fully saturated rings. The van der Waals surface area contributed by atoms with Crippen LogP contribution in [0, 0.1) is 5.82 Å². The van der Waals surface area contributed by atoms with E-state index in [4.69, 9.17) is 25.8 Å². The fourth-order valence-electron chi connectivity index (χ4n) is 3.05. The fourth-order valence-corrected chi connectivity index (χ4v) is 3.34. The van der Waals surface area contributed by atoms with E-state index in [1.165, 1.54) is 20.3 Å². The minimum atomic E-state index is -0.459. The average molecular weight is 405 g/mol. The molecule has 0 N–H and O–H groups in total. The normalized spacial score (nSPS) is 12.1. The van der Waals surface area contributed by atoms with E-state index in [9.17, 15) is 4.39 Å². The molecule has 0 aliphatic carbocycles. The second-order valence-electron chi connectivity index (χ2n) is 6.34. The van der Waals surface area contributed by atoms with Crippen molar-refractivity contribution < 1.29 is 18.6 Å². The predicted molar refractivity (Wildman–Crippen MR) is 108 cm³/mol. The minimum absolute atomic E-state index is 0.0248. The third-order valence-electron chi connectivity index (χ3n) is 4.54. The van der Waals surface area contributed by atoms with E-state index in [0.29, 0.717) is 28.4 Å². The highest BCUT2D eigenvalue weighted by Crippen LogP contribution is 2.40. The summed E-state index contributed by atoms with van der Waals surface area (Å²) < 4.78 is 32.1. The van der Waals surface area contributed by atoms with Crippen molar-refractivity contribution in [3.8, 4) is 34.0 Å². The van der Waals surface area contributed by atoms with E-state index in [1.807, 2.05) is 23.8 Å². The first kappa shape index (κ1) is 20.2. The van der Waals surface area contributed by atoms with Crippen LogP contribution in [-0.2, 0) is 11.3 Å². The molecule has 0 spiro atoms. The van der Waals surface area contributed by atoms with Crippen LogP contribution < -0.4 is 9.47 Å². The summed E-state index contributed by atoms with van der Waals surface area (Å²) >= 11 is 6.48. The molecule has 0 saturated heterocycles. The lowest BCUT2D eigenvalue weighted by Crippen LogP contribution is -2.14. The van der Waals surface area contributed by atoms with Gasteiger partial charge >= 0.3 is 0 Å². The highest BCUT2D eigenvalue weighted by Gasteiger charge is 2.17. The van der Waals surface area contributed by atoms with Crippen molar-refractivity contribution in [1.29, 1.82) is 0 Å². The van der Waals surface area contributed by atoms with Gasteiger partial charge in [-0.3, -0.25) is 0 Å². The second-order valence-corrected chi connectivity index (χ2v) is 6.74. The molecule has 28 heavy (non-hydrogen) atoms. The van der Waals surface area contributed by atoms with Crippen LogP contribution in [0.5, 0.6) is 11.5 Å². The van der Waals surface area contributed by atoms with Gasteiger partial charge in [0, 0.05) is 30.6 Å². The lowest BCUT2D eigenvalue weighted by molar-refractivity contribution is 0.103. The van der Waals surface area contributed by atoms with Crippen LogP contribution in [-0.4, -0.2) is 37.0 Å². The number of rotatable bonds is 7. The lowest BCUT2D eigenvalue weighted by atomic mass is 10.0. The molecule has 2 aromatic carbocycles. The van der Waals surface area contributed by atoms with E-state index in [2.05, 4.69) is 4.98 Å². The van der Waals surface area contributed by atoms with Gasteiger partial charge in [-0.15, -0.1) is 0 Å². The number of hydrogen-bond acceptors (Lipinski definition) is 4.